The topological polar surface area (TPSA) is 101 Å². The zero-order valence-corrected chi connectivity index (χ0v) is 16.8. The fourth-order valence-electron chi connectivity index (χ4n) is 3.30. The Labute approximate surface area is 175 Å². The molecule has 9 nitrogen and oxygen atoms in total. The molecule has 0 atom stereocenters. The van der Waals surface area contributed by atoms with Crippen LogP contribution in [-0.2, 0) is 11.3 Å². The summed E-state index contributed by atoms with van der Waals surface area (Å²) in [6.07, 6.45) is 1.80. The van der Waals surface area contributed by atoms with Crippen LogP contribution < -0.4 is 4.87 Å². The average Bonchev–Trinajstić information content (AvgIpc) is 3.07. The zero-order chi connectivity index (χ0) is 21.1. The molecule has 2 aromatic carbocycles. The summed E-state index contributed by atoms with van der Waals surface area (Å²) in [5.41, 5.74) is 1.48. The molecule has 3 aromatic rings. The third-order valence-electron chi connectivity index (χ3n) is 4.93. The van der Waals surface area contributed by atoms with E-state index in [-0.39, 0.29) is 23.0 Å². The summed E-state index contributed by atoms with van der Waals surface area (Å²) < 4.78 is 1.88. The van der Waals surface area contributed by atoms with E-state index in [0.717, 1.165) is 16.9 Å². The molecule has 1 aliphatic rings. The molecule has 1 saturated heterocycles. The van der Waals surface area contributed by atoms with Gasteiger partial charge in [-0.2, -0.15) is 5.10 Å². The van der Waals surface area contributed by atoms with E-state index in [1.54, 1.807) is 11.1 Å². The van der Waals surface area contributed by atoms with Gasteiger partial charge in [0.05, 0.1) is 34.4 Å². The van der Waals surface area contributed by atoms with Gasteiger partial charge in [-0.15, -0.1) is 0 Å². The molecule has 4 rings (SSSR count). The number of carbonyl (C=O) groups excluding carboxylic acids is 1. The number of hydrazone groups is 1. The number of thiazole rings is 1. The standard InChI is InChI=1S/C20H19N5O4S/c26-19(14-24-17-7-6-16(25(28)29)12-18(17)30-20(24)27)22-8-10-23(11-9-22)21-13-15-4-2-1-3-5-15/h1-7,12-13H,8-11,14H2. The molecule has 0 saturated carbocycles. The summed E-state index contributed by atoms with van der Waals surface area (Å²) in [4.78, 5) is 36.9. The van der Waals surface area contributed by atoms with Crippen LogP contribution in [0.5, 0.6) is 0 Å². The van der Waals surface area contributed by atoms with E-state index < -0.39 is 4.92 Å². The number of nitrogens with zero attached hydrogens (tertiary/aromatic N) is 5. The molecule has 1 amide bonds. The van der Waals surface area contributed by atoms with Crippen molar-refractivity contribution in [2.24, 2.45) is 5.10 Å². The Hall–Kier alpha value is -3.53. The highest BCUT2D eigenvalue weighted by molar-refractivity contribution is 7.16. The molecule has 1 fully saturated rings. The maximum atomic E-state index is 12.7. The average molecular weight is 425 g/mol. The van der Waals surface area contributed by atoms with Crippen LogP contribution in [0.2, 0.25) is 0 Å². The predicted octanol–water partition coefficient (Wildman–Crippen LogP) is 2.15. The van der Waals surface area contributed by atoms with E-state index in [4.69, 9.17) is 0 Å². The van der Waals surface area contributed by atoms with Gasteiger partial charge in [0.1, 0.15) is 6.54 Å². The maximum absolute atomic E-state index is 12.7. The van der Waals surface area contributed by atoms with Gasteiger partial charge < -0.3 is 4.90 Å². The summed E-state index contributed by atoms with van der Waals surface area (Å²) in [6, 6.07) is 14.0. The van der Waals surface area contributed by atoms with Crippen molar-refractivity contribution in [3.63, 3.8) is 0 Å². The molecular formula is C20H19N5O4S. The maximum Gasteiger partial charge on any atom is 0.308 e. The summed E-state index contributed by atoms with van der Waals surface area (Å²) in [6.45, 7) is 2.19. The van der Waals surface area contributed by atoms with Gasteiger partial charge >= 0.3 is 4.87 Å². The first-order chi connectivity index (χ1) is 14.5. The molecule has 0 spiro atoms. The fraction of sp³-hybridized carbons (Fsp3) is 0.250. The lowest BCUT2D eigenvalue weighted by Gasteiger charge is -2.33. The predicted molar refractivity (Wildman–Crippen MR) is 115 cm³/mol. The Morgan fingerprint density at radius 2 is 1.87 bits per heavy atom. The third-order valence-corrected chi connectivity index (χ3v) is 5.88. The van der Waals surface area contributed by atoms with Gasteiger partial charge in [0.2, 0.25) is 5.91 Å². The van der Waals surface area contributed by atoms with Gasteiger partial charge in [-0.05, 0) is 11.6 Å². The highest BCUT2D eigenvalue weighted by atomic mass is 32.1. The second kappa shape index (κ2) is 8.46. The van der Waals surface area contributed by atoms with Crippen molar-refractivity contribution >= 4 is 39.4 Å². The number of piperazine rings is 1. The summed E-state index contributed by atoms with van der Waals surface area (Å²) in [5, 5.41) is 17.3. The van der Waals surface area contributed by atoms with Crippen LogP contribution >= 0.6 is 11.3 Å². The largest absolute Gasteiger partial charge is 0.337 e. The minimum atomic E-state index is -0.501. The lowest BCUT2D eigenvalue weighted by molar-refractivity contribution is -0.384. The molecule has 30 heavy (non-hydrogen) atoms. The number of fused-ring (bicyclic) bond motifs is 1. The van der Waals surface area contributed by atoms with Gasteiger partial charge in [-0.25, -0.2) is 0 Å². The monoisotopic (exact) mass is 425 g/mol. The van der Waals surface area contributed by atoms with Crippen LogP contribution in [0.25, 0.3) is 10.2 Å². The summed E-state index contributed by atoms with van der Waals surface area (Å²) in [7, 11) is 0. The van der Waals surface area contributed by atoms with E-state index in [0.29, 0.717) is 36.4 Å². The lowest BCUT2D eigenvalue weighted by atomic mass is 10.2. The number of non-ortho nitro benzene ring substituents is 1. The second-order valence-corrected chi connectivity index (χ2v) is 7.85. The van der Waals surface area contributed by atoms with E-state index >= 15 is 0 Å². The zero-order valence-electron chi connectivity index (χ0n) is 16.0. The van der Waals surface area contributed by atoms with E-state index in [1.807, 2.05) is 35.3 Å². The van der Waals surface area contributed by atoms with Crippen LogP contribution in [0.15, 0.2) is 58.4 Å². The highest BCUT2D eigenvalue weighted by Crippen LogP contribution is 2.23. The Morgan fingerprint density at radius 1 is 1.13 bits per heavy atom. The van der Waals surface area contributed by atoms with Gasteiger partial charge in [0.15, 0.2) is 0 Å². The van der Waals surface area contributed by atoms with Crippen molar-refractivity contribution in [3.8, 4) is 0 Å². The molecule has 0 aliphatic carbocycles. The molecule has 154 valence electrons. The molecule has 0 unspecified atom stereocenters. The minimum absolute atomic E-state index is 0.0746. The first-order valence-corrected chi connectivity index (χ1v) is 10.2. The van der Waals surface area contributed by atoms with Crippen LogP contribution in [0.3, 0.4) is 0 Å². The van der Waals surface area contributed by atoms with Gasteiger partial charge in [0, 0.05) is 25.2 Å². The smallest absolute Gasteiger partial charge is 0.308 e. The number of carbonyl (C=O) groups is 1. The first kappa shape index (κ1) is 19.8. The van der Waals surface area contributed by atoms with Crippen molar-refractivity contribution in [1.82, 2.24) is 14.5 Å². The van der Waals surface area contributed by atoms with Gasteiger partial charge in [-0.1, -0.05) is 41.7 Å². The molecule has 0 bridgehead atoms. The van der Waals surface area contributed by atoms with Crippen molar-refractivity contribution in [3.05, 3.63) is 73.9 Å². The number of amides is 1. The quantitative estimate of drug-likeness (QED) is 0.354. The van der Waals surface area contributed by atoms with E-state index in [1.165, 1.54) is 22.8 Å². The van der Waals surface area contributed by atoms with Gasteiger partial charge in [0.25, 0.3) is 5.69 Å². The van der Waals surface area contributed by atoms with Crippen LogP contribution in [0.4, 0.5) is 5.69 Å². The number of hydrogen-bond donors (Lipinski definition) is 0. The number of hydrogen-bond acceptors (Lipinski definition) is 7. The molecule has 1 aliphatic heterocycles. The fourth-order valence-corrected chi connectivity index (χ4v) is 4.23. The Bertz CT molecular complexity index is 1160. The van der Waals surface area contributed by atoms with Crippen LogP contribution in [-0.4, -0.2) is 57.7 Å². The first-order valence-electron chi connectivity index (χ1n) is 9.41. The highest BCUT2D eigenvalue weighted by Gasteiger charge is 2.22. The van der Waals surface area contributed by atoms with E-state index in [2.05, 4.69) is 5.10 Å². The second-order valence-electron chi connectivity index (χ2n) is 6.85. The molecule has 10 heteroatoms. The lowest BCUT2D eigenvalue weighted by Crippen LogP contribution is -2.48. The summed E-state index contributed by atoms with van der Waals surface area (Å²) in [5.74, 6) is -0.151. The van der Waals surface area contributed by atoms with Gasteiger partial charge in [-0.3, -0.25) is 29.3 Å². The molecule has 2 heterocycles. The minimum Gasteiger partial charge on any atom is -0.337 e. The van der Waals surface area contributed by atoms with Crippen molar-refractivity contribution in [2.45, 2.75) is 6.54 Å². The van der Waals surface area contributed by atoms with Crippen molar-refractivity contribution < 1.29 is 9.72 Å². The van der Waals surface area contributed by atoms with Crippen LogP contribution in [0, 0.1) is 10.1 Å². The Balaban J connectivity index is 1.39. The number of aromatic nitrogens is 1. The van der Waals surface area contributed by atoms with Crippen molar-refractivity contribution in [2.75, 3.05) is 26.2 Å². The molecule has 0 radical (unpaired) electrons. The number of benzene rings is 2. The van der Waals surface area contributed by atoms with Crippen LogP contribution in [0.1, 0.15) is 5.56 Å². The normalized spacial score (nSPS) is 14.5. The Kier molecular flexibility index (Phi) is 5.57. The number of nitro benzene ring substituents is 1. The molecular weight excluding hydrogens is 406 g/mol. The molecule has 0 N–H and O–H groups in total. The number of nitro groups is 1. The number of rotatable bonds is 5. The third kappa shape index (κ3) is 4.23. The Morgan fingerprint density at radius 3 is 2.57 bits per heavy atom. The summed E-state index contributed by atoms with van der Waals surface area (Å²) >= 11 is 0.909. The van der Waals surface area contributed by atoms with E-state index in [9.17, 15) is 19.7 Å². The molecule has 1 aromatic heterocycles. The SMILES string of the molecule is O=C(Cn1c(=O)sc2cc([N+](=O)[O-])ccc21)N1CCN(N=Cc2ccccc2)CC1. The van der Waals surface area contributed by atoms with Crippen molar-refractivity contribution in [1.29, 1.82) is 0 Å².